The Morgan fingerprint density at radius 2 is 1.12 bits per heavy atom. The van der Waals surface area contributed by atoms with E-state index in [-0.39, 0.29) is 10.8 Å². The van der Waals surface area contributed by atoms with Gasteiger partial charge < -0.3 is 4.98 Å². The van der Waals surface area contributed by atoms with Gasteiger partial charge in [0.2, 0.25) is 0 Å². The number of nitrogens with one attached hydrogen (secondary N) is 1. The Balaban J connectivity index is 1.49. The van der Waals surface area contributed by atoms with Crippen molar-refractivity contribution in [2.24, 2.45) is 4.99 Å². The van der Waals surface area contributed by atoms with Gasteiger partial charge in [0.05, 0.1) is 17.1 Å². The topological polar surface area (TPSA) is 28.1 Å². The molecule has 0 spiro atoms. The van der Waals surface area contributed by atoms with Crippen LogP contribution in [0.2, 0.25) is 0 Å². The lowest BCUT2D eigenvalue weighted by atomic mass is 9.84. The second-order valence-electron chi connectivity index (χ2n) is 13.6. The van der Waals surface area contributed by atoms with Crippen LogP contribution in [0.4, 0.5) is 0 Å². The summed E-state index contributed by atoms with van der Waals surface area (Å²) in [7, 11) is 0. The number of aryl methyl sites for hydroxylation is 2. The summed E-state index contributed by atoms with van der Waals surface area (Å²) in [6.07, 6.45) is 2.23. The molecule has 0 amide bonds. The molecule has 1 N–H and O–H groups in total. The number of hydrogen-bond donors (Lipinski definition) is 1. The molecule has 0 fully saturated rings. The minimum Gasteiger partial charge on any atom is -0.354 e. The summed E-state index contributed by atoms with van der Waals surface area (Å²) in [6.45, 7) is 18.0. The Morgan fingerprint density at radius 3 is 1.71 bits per heavy atom. The molecule has 0 radical (unpaired) electrons. The lowest BCUT2D eigenvalue weighted by Gasteiger charge is -2.20. The van der Waals surface area contributed by atoms with Crippen molar-refractivity contribution in [1.82, 2.24) is 4.98 Å². The lowest BCUT2D eigenvalue weighted by molar-refractivity contribution is 0.589. The van der Waals surface area contributed by atoms with Crippen molar-refractivity contribution in [3.8, 4) is 11.3 Å². The van der Waals surface area contributed by atoms with E-state index in [9.17, 15) is 0 Å². The molecule has 0 atom stereocenters. The normalized spacial score (nSPS) is 14.5. The highest BCUT2D eigenvalue weighted by molar-refractivity contribution is 6.22. The minimum absolute atomic E-state index is 0.113. The Labute approximate surface area is 244 Å². The number of nitrogens with zero attached hydrogens (tertiary/aromatic N) is 1. The average Bonchev–Trinajstić information content (AvgIpc) is 3.46. The number of hydrogen-bond acceptors (Lipinski definition) is 1. The Hall–Kier alpha value is -4.17. The third kappa shape index (κ3) is 4.86. The first kappa shape index (κ1) is 27.0. The van der Waals surface area contributed by atoms with Crippen molar-refractivity contribution in [3.05, 3.63) is 130 Å². The summed E-state index contributed by atoms with van der Waals surface area (Å²) in [5.74, 6) is 0. The van der Waals surface area contributed by atoms with Crippen molar-refractivity contribution in [2.45, 2.75) is 66.2 Å². The van der Waals surface area contributed by atoms with Crippen molar-refractivity contribution < 1.29 is 0 Å². The van der Waals surface area contributed by atoms with Crippen molar-refractivity contribution in [2.75, 3.05) is 0 Å². The van der Waals surface area contributed by atoms with Crippen LogP contribution in [0.15, 0.2) is 89.9 Å². The fourth-order valence-electron chi connectivity index (χ4n) is 5.94. The van der Waals surface area contributed by atoms with Gasteiger partial charge in [-0.05, 0) is 53.0 Å². The maximum absolute atomic E-state index is 5.28. The van der Waals surface area contributed by atoms with Gasteiger partial charge in [0.1, 0.15) is 0 Å². The van der Waals surface area contributed by atoms with Crippen molar-refractivity contribution in [1.29, 1.82) is 0 Å². The van der Waals surface area contributed by atoms with Crippen LogP contribution in [0.5, 0.6) is 0 Å². The molecule has 4 aromatic carbocycles. The standard InChI is InChI=1S/C39H40N2/c1-24-21-26(38(3,4)5)17-19-28(24)36-32-15-11-9-13-30(32)34(40-36)23-35-31-14-10-12-16-33(31)37(41-35)29-20-18-27(22-25(29)2)39(6,7)8/h9-23,40H,1-8H3/b35-23-. The van der Waals surface area contributed by atoms with Crippen LogP contribution in [0.3, 0.4) is 0 Å². The Bertz CT molecular complexity index is 1860. The SMILES string of the molecule is Cc1cc(C(C)(C)C)ccc1C1=N/C(=C\c2[nH]c(-c3ccc(C(C)(C)C)cc3C)c3ccccc23)c2ccccc21. The van der Waals surface area contributed by atoms with Gasteiger partial charge in [-0.15, -0.1) is 0 Å². The largest absolute Gasteiger partial charge is 0.354 e. The number of fused-ring (bicyclic) bond motifs is 2. The average molecular weight is 537 g/mol. The molecular formula is C39H40N2. The number of aliphatic imine (C=N–C) groups is 1. The van der Waals surface area contributed by atoms with Gasteiger partial charge in [0, 0.05) is 38.7 Å². The quantitative estimate of drug-likeness (QED) is 0.238. The first-order valence-corrected chi connectivity index (χ1v) is 14.7. The van der Waals surface area contributed by atoms with E-state index in [0.29, 0.717) is 0 Å². The van der Waals surface area contributed by atoms with E-state index in [2.05, 4.69) is 151 Å². The first-order valence-electron chi connectivity index (χ1n) is 14.7. The van der Waals surface area contributed by atoms with Crippen LogP contribution in [-0.2, 0) is 10.8 Å². The number of H-pyrrole nitrogens is 1. The molecule has 0 saturated carbocycles. The van der Waals surface area contributed by atoms with Gasteiger partial charge in [0.25, 0.3) is 0 Å². The molecule has 5 aromatic rings. The van der Waals surface area contributed by atoms with Crippen molar-refractivity contribution >= 4 is 28.3 Å². The van der Waals surface area contributed by atoms with Crippen LogP contribution < -0.4 is 0 Å². The van der Waals surface area contributed by atoms with Crippen molar-refractivity contribution in [3.63, 3.8) is 0 Å². The zero-order valence-electron chi connectivity index (χ0n) is 25.6. The molecule has 0 saturated heterocycles. The van der Waals surface area contributed by atoms with Gasteiger partial charge in [-0.3, -0.25) is 0 Å². The second-order valence-corrected chi connectivity index (χ2v) is 13.6. The third-order valence-corrected chi connectivity index (χ3v) is 8.43. The fourth-order valence-corrected chi connectivity index (χ4v) is 5.94. The number of rotatable bonds is 3. The second kappa shape index (κ2) is 9.73. The predicted octanol–water partition coefficient (Wildman–Crippen LogP) is 10.4. The maximum atomic E-state index is 5.28. The molecular weight excluding hydrogens is 496 g/mol. The van der Waals surface area contributed by atoms with Crippen LogP contribution in [-0.4, -0.2) is 10.7 Å². The third-order valence-electron chi connectivity index (χ3n) is 8.43. The van der Waals surface area contributed by atoms with Crippen LogP contribution in [0.1, 0.15) is 86.2 Å². The van der Waals surface area contributed by atoms with Gasteiger partial charge >= 0.3 is 0 Å². The van der Waals surface area contributed by atoms with Gasteiger partial charge in [0.15, 0.2) is 0 Å². The molecule has 2 nitrogen and oxygen atoms in total. The first-order chi connectivity index (χ1) is 19.4. The van der Waals surface area contributed by atoms with E-state index in [1.807, 2.05) is 0 Å². The molecule has 41 heavy (non-hydrogen) atoms. The Morgan fingerprint density at radius 1 is 0.585 bits per heavy atom. The van der Waals surface area contributed by atoms with Crippen LogP contribution in [0, 0.1) is 13.8 Å². The lowest BCUT2D eigenvalue weighted by Crippen LogP contribution is -2.12. The summed E-state index contributed by atoms with van der Waals surface area (Å²) < 4.78 is 0. The zero-order valence-corrected chi connectivity index (χ0v) is 25.6. The van der Waals surface area contributed by atoms with E-state index < -0.39 is 0 Å². The van der Waals surface area contributed by atoms with E-state index in [1.54, 1.807) is 0 Å². The summed E-state index contributed by atoms with van der Waals surface area (Å²) in [4.78, 5) is 9.08. The van der Waals surface area contributed by atoms with Crippen LogP contribution in [0.25, 0.3) is 33.8 Å². The zero-order chi connectivity index (χ0) is 29.1. The molecule has 6 rings (SSSR count). The summed E-state index contributed by atoms with van der Waals surface area (Å²) in [5, 5.41) is 2.44. The summed E-state index contributed by atoms with van der Waals surface area (Å²) in [6, 6.07) is 31.0. The highest BCUT2D eigenvalue weighted by atomic mass is 14.8. The summed E-state index contributed by atoms with van der Waals surface area (Å²) in [5.41, 5.74) is 14.6. The molecule has 1 aliphatic heterocycles. The van der Waals surface area contributed by atoms with E-state index in [0.717, 1.165) is 22.8 Å². The summed E-state index contributed by atoms with van der Waals surface area (Å²) >= 11 is 0. The highest BCUT2D eigenvalue weighted by Crippen LogP contribution is 2.39. The molecule has 1 aromatic heterocycles. The van der Waals surface area contributed by atoms with Crippen LogP contribution >= 0.6 is 0 Å². The van der Waals surface area contributed by atoms with Gasteiger partial charge in [-0.25, -0.2) is 4.99 Å². The molecule has 1 aliphatic rings. The molecule has 0 bridgehead atoms. The predicted molar refractivity (Wildman–Crippen MR) is 177 cm³/mol. The van der Waals surface area contributed by atoms with E-state index in [1.165, 1.54) is 55.3 Å². The molecule has 206 valence electrons. The molecule has 0 unspecified atom stereocenters. The number of aromatic nitrogens is 1. The van der Waals surface area contributed by atoms with E-state index in [4.69, 9.17) is 4.99 Å². The Kier molecular flexibility index (Phi) is 6.41. The smallest absolute Gasteiger partial charge is 0.0791 e. The molecule has 0 aliphatic carbocycles. The van der Waals surface area contributed by atoms with Gasteiger partial charge in [-0.1, -0.05) is 126 Å². The fraction of sp³-hybridized carbons (Fsp3) is 0.256. The molecule has 2 heterocycles. The van der Waals surface area contributed by atoms with Gasteiger partial charge in [-0.2, -0.15) is 0 Å². The minimum atomic E-state index is 0.113. The highest BCUT2D eigenvalue weighted by Gasteiger charge is 2.24. The number of benzene rings is 4. The monoisotopic (exact) mass is 536 g/mol. The molecule has 2 heteroatoms. The van der Waals surface area contributed by atoms with E-state index >= 15 is 0 Å². The maximum Gasteiger partial charge on any atom is 0.0791 e. The number of aromatic amines is 1.